The predicted octanol–water partition coefficient (Wildman–Crippen LogP) is 2.46. The van der Waals surface area contributed by atoms with Gasteiger partial charge in [-0.05, 0) is 31.5 Å². The molecule has 0 atom stereocenters. The Morgan fingerprint density at radius 1 is 1.23 bits per heavy atom. The topological polar surface area (TPSA) is 35.2 Å². The Hall–Kier alpha value is -0.730. The zero-order valence-corrected chi connectivity index (χ0v) is 8.26. The number of ether oxygens (including phenoxy) is 1. The average Bonchev–Trinajstić information content (AvgIpc) is 2.15. The van der Waals surface area contributed by atoms with Crippen LogP contribution in [0.2, 0.25) is 5.02 Å². The van der Waals surface area contributed by atoms with Gasteiger partial charge in [-0.15, -0.1) is 0 Å². The van der Waals surface area contributed by atoms with Crippen LogP contribution >= 0.6 is 11.6 Å². The maximum absolute atomic E-state index is 5.89. The Labute approximate surface area is 83.6 Å². The summed E-state index contributed by atoms with van der Waals surface area (Å²) >= 11 is 5.89. The number of halogens is 1. The van der Waals surface area contributed by atoms with Gasteiger partial charge in [0.05, 0.1) is 11.6 Å². The first-order chi connectivity index (χ1) is 6.34. The Morgan fingerprint density at radius 2 is 2.00 bits per heavy atom. The minimum Gasteiger partial charge on any atom is -0.492 e. The van der Waals surface area contributed by atoms with Crippen molar-refractivity contribution in [2.24, 2.45) is 5.73 Å². The van der Waals surface area contributed by atoms with Crippen LogP contribution in [0.25, 0.3) is 0 Å². The fourth-order valence-corrected chi connectivity index (χ4v) is 1.18. The van der Waals surface area contributed by atoms with Gasteiger partial charge < -0.3 is 10.5 Å². The van der Waals surface area contributed by atoms with Crippen molar-refractivity contribution in [2.45, 2.75) is 12.8 Å². The lowest BCUT2D eigenvalue weighted by Crippen LogP contribution is -2.03. The molecular weight excluding hydrogens is 186 g/mol. The number of unbranched alkanes of at least 4 members (excludes halogenated alkanes) is 1. The molecule has 0 bridgehead atoms. The van der Waals surface area contributed by atoms with Gasteiger partial charge in [-0.2, -0.15) is 0 Å². The summed E-state index contributed by atoms with van der Waals surface area (Å²) in [6, 6.07) is 7.48. The van der Waals surface area contributed by atoms with E-state index in [-0.39, 0.29) is 0 Å². The van der Waals surface area contributed by atoms with Gasteiger partial charge in [0.1, 0.15) is 5.75 Å². The van der Waals surface area contributed by atoms with Gasteiger partial charge in [0.25, 0.3) is 0 Å². The second-order valence-corrected chi connectivity index (χ2v) is 3.18. The van der Waals surface area contributed by atoms with Crippen LogP contribution in [0.15, 0.2) is 24.3 Å². The summed E-state index contributed by atoms with van der Waals surface area (Å²) in [6.45, 7) is 1.40. The highest BCUT2D eigenvalue weighted by molar-refractivity contribution is 6.32. The molecule has 0 fully saturated rings. The first kappa shape index (κ1) is 10.4. The third-order valence-corrected chi connectivity index (χ3v) is 2.00. The molecule has 0 unspecified atom stereocenters. The van der Waals surface area contributed by atoms with Crippen LogP contribution in [0, 0.1) is 0 Å². The zero-order chi connectivity index (χ0) is 9.52. The normalized spacial score (nSPS) is 10.0. The molecule has 0 heterocycles. The minimum absolute atomic E-state index is 0.662. The largest absolute Gasteiger partial charge is 0.492 e. The summed E-state index contributed by atoms with van der Waals surface area (Å²) < 4.78 is 5.45. The second kappa shape index (κ2) is 5.84. The van der Waals surface area contributed by atoms with Gasteiger partial charge in [0, 0.05) is 0 Å². The van der Waals surface area contributed by atoms with Crippen LogP contribution in [-0.2, 0) is 0 Å². The first-order valence-corrected chi connectivity index (χ1v) is 4.80. The quantitative estimate of drug-likeness (QED) is 0.740. The molecule has 0 radical (unpaired) electrons. The van der Waals surface area contributed by atoms with Crippen molar-refractivity contribution in [1.29, 1.82) is 0 Å². The fraction of sp³-hybridized carbons (Fsp3) is 0.400. The lowest BCUT2D eigenvalue weighted by Gasteiger charge is -2.06. The van der Waals surface area contributed by atoms with Gasteiger partial charge in [0.15, 0.2) is 0 Å². The van der Waals surface area contributed by atoms with Crippen molar-refractivity contribution in [3.63, 3.8) is 0 Å². The predicted molar refractivity (Wildman–Crippen MR) is 55.2 cm³/mol. The van der Waals surface area contributed by atoms with E-state index in [1.807, 2.05) is 24.3 Å². The minimum atomic E-state index is 0.662. The Kier molecular flexibility index (Phi) is 4.65. The standard InChI is InChI=1S/C10H14ClNO/c11-9-5-1-2-6-10(9)13-8-4-3-7-12/h1-2,5-6H,3-4,7-8,12H2. The van der Waals surface area contributed by atoms with Crippen LogP contribution in [0.5, 0.6) is 5.75 Å². The molecule has 0 spiro atoms. The lowest BCUT2D eigenvalue weighted by atomic mass is 10.3. The Bertz CT molecular complexity index is 252. The summed E-state index contributed by atoms with van der Waals surface area (Å²) in [5, 5.41) is 0.662. The molecule has 1 rings (SSSR count). The molecule has 0 amide bonds. The van der Waals surface area contributed by atoms with Crippen molar-refractivity contribution in [3.8, 4) is 5.75 Å². The molecular formula is C10H14ClNO. The van der Waals surface area contributed by atoms with Crippen LogP contribution in [0.4, 0.5) is 0 Å². The Morgan fingerprint density at radius 3 is 2.69 bits per heavy atom. The number of benzene rings is 1. The molecule has 0 aliphatic heterocycles. The monoisotopic (exact) mass is 199 g/mol. The molecule has 13 heavy (non-hydrogen) atoms. The molecule has 1 aromatic rings. The third-order valence-electron chi connectivity index (χ3n) is 1.69. The second-order valence-electron chi connectivity index (χ2n) is 2.77. The van der Waals surface area contributed by atoms with E-state index in [1.54, 1.807) is 0 Å². The van der Waals surface area contributed by atoms with E-state index in [9.17, 15) is 0 Å². The van der Waals surface area contributed by atoms with Crippen LogP contribution in [-0.4, -0.2) is 13.2 Å². The van der Waals surface area contributed by atoms with Crippen LogP contribution in [0.1, 0.15) is 12.8 Å². The van der Waals surface area contributed by atoms with Crippen molar-refractivity contribution in [1.82, 2.24) is 0 Å². The molecule has 0 aromatic heterocycles. The zero-order valence-electron chi connectivity index (χ0n) is 7.50. The molecule has 0 aliphatic carbocycles. The van der Waals surface area contributed by atoms with Crippen molar-refractivity contribution in [2.75, 3.05) is 13.2 Å². The van der Waals surface area contributed by atoms with Gasteiger partial charge in [-0.1, -0.05) is 23.7 Å². The first-order valence-electron chi connectivity index (χ1n) is 4.42. The highest BCUT2D eigenvalue weighted by atomic mass is 35.5. The van der Waals surface area contributed by atoms with Crippen molar-refractivity contribution >= 4 is 11.6 Å². The molecule has 0 aliphatic rings. The highest BCUT2D eigenvalue weighted by Crippen LogP contribution is 2.23. The summed E-state index contributed by atoms with van der Waals surface area (Å²) in [5.41, 5.74) is 5.36. The molecule has 2 N–H and O–H groups in total. The van der Waals surface area contributed by atoms with Crippen molar-refractivity contribution in [3.05, 3.63) is 29.3 Å². The Balaban J connectivity index is 2.32. The summed E-state index contributed by atoms with van der Waals surface area (Å²) in [4.78, 5) is 0. The maximum Gasteiger partial charge on any atom is 0.137 e. The number of rotatable bonds is 5. The summed E-state index contributed by atoms with van der Waals surface area (Å²) in [6.07, 6.45) is 1.96. The lowest BCUT2D eigenvalue weighted by molar-refractivity contribution is 0.308. The number of nitrogens with two attached hydrogens (primary N) is 1. The van der Waals surface area contributed by atoms with E-state index in [0.29, 0.717) is 18.2 Å². The third kappa shape index (κ3) is 3.66. The van der Waals surface area contributed by atoms with Crippen LogP contribution < -0.4 is 10.5 Å². The van der Waals surface area contributed by atoms with E-state index in [4.69, 9.17) is 22.1 Å². The van der Waals surface area contributed by atoms with E-state index >= 15 is 0 Å². The molecule has 72 valence electrons. The highest BCUT2D eigenvalue weighted by Gasteiger charge is 1.97. The fourth-order valence-electron chi connectivity index (χ4n) is 0.990. The maximum atomic E-state index is 5.89. The molecule has 2 nitrogen and oxygen atoms in total. The molecule has 0 saturated heterocycles. The van der Waals surface area contributed by atoms with E-state index in [2.05, 4.69) is 0 Å². The molecule has 3 heteroatoms. The van der Waals surface area contributed by atoms with Gasteiger partial charge >= 0.3 is 0 Å². The average molecular weight is 200 g/mol. The molecule has 1 aromatic carbocycles. The number of hydrogen-bond donors (Lipinski definition) is 1. The van der Waals surface area contributed by atoms with Gasteiger partial charge in [0.2, 0.25) is 0 Å². The number of hydrogen-bond acceptors (Lipinski definition) is 2. The summed E-state index contributed by atoms with van der Waals surface area (Å²) in [5.74, 6) is 0.751. The SMILES string of the molecule is NCCCCOc1ccccc1Cl. The van der Waals surface area contributed by atoms with E-state index in [0.717, 1.165) is 18.6 Å². The van der Waals surface area contributed by atoms with Gasteiger partial charge in [-0.25, -0.2) is 0 Å². The smallest absolute Gasteiger partial charge is 0.137 e. The molecule has 0 saturated carbocycles. The summed E-state index contributed by atoms with van der Waals surface area (Å²) in [7, 11) is 0. The van der Waals surface area contributed by atoms with Crippen molar-refractivity contribution < 1.29 is 4.74 Å². The van der Waals surface area contributed by atoms with Crippen LogP contribution in [0.3, 0.4) is 0 Å². The number of para-hydroxylation sites is 1. The van der Waals surface area contributed by atoms with Gasteiger partial charge in [-0.3, -0.25) is 0 Å². The van der Waals surface area contributed by atoms with E-state index in [1.165, 1.54) is 0 Å². The van der Waals surface area contributed by atoms with E-state index < -0.39 is 0 Å².